The number of hydrogen-bond donors (Lipinski definition) is 3. The van der Waals surface area contributed by atoms with Gasteiger partial charge in [0.05, 0.1) is 4.88 Å². The van der Waals surface area contributed by atoms with Crippen LogP contribution >= 0.6 is 11.3 Å². The maximum Gasteiger partial charge on any atom is 0.290 e. The van der Waals surface area contributed by atoms with E-state index in [1.165, 1.54) is 0 Å². The van der Waals surface area contributed by atoms with Crippen molar-refractivity contribution in [3.05, 3.63) is 45.9 Å². The Balaban J connectivity index is 0.000000816. The van der Waals surface area contributed by atoms with Gasteiger partial charge in [-0.05, 0) is 43.4 Å². The fourth-order valence-corrected chi connectivity index (χ4v) is 2.50. The third-order valence-electron chi connectivity index (χ3n) is 3.04. The highest BCUT2D eigenvalue weighted by molar-refractivity contribution is 7.13. The zero-order valence-corrected chi connectivity index (χ0v) is 14.1. The van der Waals surface area contributed by atoms with Gasteiger partial charge in [0.2, 0.25) is 0 Å². The summed E-state index contributed by atoms with van der Waals surface area (Å²) in [6.45, 7) is 4.89. The van der Waals surface area contributed by atoms with E-state index in [-0.39, 0.29) is 6.47 Å². The Morgan fingerprint density at radius 3 is 2.83 bits per heavy atom. The van der Waals surface area contributed by atoms with Crippen LogP contribution in [-0.2, 0) is 11.3 Å². The Bertz CT molecular complexity index is 659. The van der Waals surface area contributed by atoms with Crippen LogP contribution < -0.4 is 11.1 Å². The van der Waals surface area contributed by atoms with Gasteiger partial charge in [0.15, 0.2) is 0 Å². The Morgan fingerprint density at radius 2 is 2.22 bits per heavy atom. The van der Waals surface area contributed by atoms with Gasteiger partial charge in [-0.15, -0.1) is 11.3 Å². The largest absolute Gasteiger partial charge is 0.483 e. The molecule has 0 aromatic carbocycles. The van der Waals surface area contributed by atoms with Gasteiger partial charge < -0.3 is 16.2 Å². The first kappa shape index (κ1) is 18.7. The van der Waals surface area contributed by atoms with Crippen LogP contribution in [0, 0.1) is 11.8 Å². The topological polar surface area (TPSA) is 88.2 Å². The lowest BCUT2D eigenvalue weighted by molar-refractivity contribution is -0.122. The number of nitrogens with zero attached hydrogens (tertiary/aromatic N) is 1. The highest BCUT2D eigenvalue weighted by Crippen LogP contribution is 2.24. The van der Waals surface area contributed by atoms with Crippen LogP contribution in [0.5, 0.6) is 0 Å². The zero-order chi connectivity index (χ0) is 17.1. The smallest absolute Gasteiger partial charge is 0.290 e. The van der Waals surface area contributed by atoms with Crippen molar-refractivity contribution in [1.82, 2.24) is 10.3 Å². The highest BCUT2D eigenvalue weighted by Gasteiger charge is 2.06. The summed E-state index contributed by atoms with van der Waals surface area (Å²) in [7, 11) is 0. The molecule has 0 saturated heterocycles. The zero-order valence-electron chi connectivity index (χ0n) is 13.2. The average Bonchev–Trinajstić information content (AvgIpc) is 2.92. The van der Waals surface area contributed by atoms with E-state index in [1.54, 1.807) is 17.5 Å². The molecule has 1 atom stereocenters. The first-order valence-electron chi connectivity index (χ1n) is 7.23. The molecule has 4 N–H and O–H groups in total. The molecule has 2 aromatic heterocycles. The molecule has 1 unspecified atom stereocenters. The van der Waals surface area contributed by atoms with Crippen molar-refractivity contribution in [1.29, 1.82) is 0 Å². The van der Waals surface area contributed by atoms with Gasteiger partial charge in [-0.25, -0.2) is 4.98 Å². The standard InChI is InChI=1S/C16H19N3S.CH2O2/c1-3-12(2)19-11-16-15(17)10-14(20-16)8-7-13-6-4-5-9-18-13;2-1-3/h4-6,9-10,12,19H,3,11,17H2,1-2H3;1H,(H,2,3). The summed E-state index contributed by atoms with van der Waals surface area (Å²) in [5.74, 6) is 6.17. The number of nitrogen functional groups attached to an aromatic ring is 1. The molecule has 23 heavy (non-hydrogen) atoms. The van der Waals surface area contributed by atoms with Crippen molar-refractivity contribution >= 4 is 23.5 Å². The average molecular weight is 331 g/mol. The number of anilines is 1. The van der Waals surface area contributed by atoms with Crippen molar-refractivity contribution in [2.75, 3.05) is 5.73 Å². The van der Waals surface area contributed by atoms with Gasteiger partial charge in [0.25, 0.3) is 6.47 Å². The summed E-state index contributed by atoms with van der Waals surface area (Å²) in [6.07, 6.45) is 2.85. The molecule has 6 heteroatoms. The normalized spacial score (nSPS) is 10.7. The molecule has 122 valence electrons. The molecule has 0 aliphatic heterocycles. The number of hydrogen-bond acceptors (Lipinski definition) is 5. The molecule has 2 heterocycles. The summed E-state index contributed by atoms with van der Waals surface area (Å²) in [5, 5.41) is 10.3. The molecule has 0 fully saturated rings. The Kier molecular flexibility index (Phi) is 8.43. The lowest BCUT2D eigenvalue weighted by atomic mass is 10.2. The molecule has 0 bridgehead atoms. The molecule has 0 spiro atoms. The SMILES string of the molecule is CCC(C)NCc1sc(C#Cc2ccccn2)cc1N.O=CO. The van der Waals surface area contributed by atoms with Crippen molar-refractivity contribution in [3.8, 4) is 11.8 Å². The van der Waals surface area contributed by atoms with E-state index < -0.39 is 0 Å². The monoisotopic (exact) mass is 331 g/mol. The maximum absolute atomic E-state index is 8.36. The van der Waals surface area contributed by atoms with Crippen LogP contribution in [0.25, 0.3) is 0 Å². The lowest BCUT2D eigenvalue weighted by Crippen LogP contribution is -2.24. The quantitative estimate of drug-likeness (QED) is 0.592. The minimum atomic E-state index is -0.250. The van der Waals surface area contributed by atoms with E-state index in [9.17, 15) is 0 Å². The van der Waals surface area contributed by atoms with Crippen LogP contribution in [0.3, 0.4) is 0 Å². The predicted molar refractivity (Wildman–Crippen MR) is 94.2 cm³/mol. The second kappa shape index (κ2) is 10.4. The van der Waals surface area contributed by atoms with E-state index in [0.717, 1.165) is 34.1 Å². The second-order valence-electron chi connectivity index (χ2n) is 4.75. The highest BCUT2D eigenvalue weighted by atomic mass is 32.1. The molecule has 0 amide bonds. The third kappa shape index (κ3) is 6.96. The summed E-state index contributed by atoms with van der Waals surface area (Å²) < 4.78 is 0. The molecular weight excluding hydrogens is 310 g/mol. The first-order valence-corrected chi connectivity index (χ1v) is 8.04. The van der Waals surface area contributed by atoms with Crippen LogP contribution in [-0.4, -0.2) is 22.6 Å². The van der Waals surface area contributed by atoms with Gasteiger partial charge >= 0.3 is 0 Å². The predicted octanol–water partition coefficient (Wildman–Crippen LogP) is 2.71. The number of thiophene rings is 1. The molecule has 2 rings (SSSR count). The van der Waals surface area contributed by atoms with Crippen molar-refractivity contribution in [3.63, 3.8) is 0 Å². The molecule has 5 nitrogen and oxygen atoms in total. The molecule has 0 radical (unpaired) electrons. The van der Waals surface area contributed by atoms with E-state index in [1.807, 2.05) is 24.3 Å². The van der Waals surface area contributed by atoms with Crippen molar-refractivity contribution in [2.45, 2.75) is 32.9 Å². The van der Waals surface area contributed by atoms with Crippen LogP contribution in [0.1, 0.15) is 35.7 Å². The number of nitrogens with two attached hydrogens (primary N) is 1. The Morgan fingerprint density at radius 1 is 1.48 bits per heavy atom. The third-order valence-corrected chi connectivity index (χ3v) is 4.11. The first-order chi connectivity index (χ1) is 11.1. The van der Waals surface area contributed by atoms with E-state index >= 15 is 0 Å². The van der Waals surface area contributed by atoms with Gasteiger partial charge in [0.1, 0.15) is 5.69 Å². The van der Waals surface area contributed by atoms with Crippen LogP contribution in [0.4, 0.5) is 5.69 Å². The van der Waals surface area contributed by atoms with Gasteiger partial charge in [-0.3, -0.25) is 4.79 Å². The number of rotatable bonds is 4. The lowest BCUT2D eigenvalue weighted by Gasteiger charge is -2.09. The summed E-state index contributed by atoms with van der Waals surface area (Å²) in [4.78, 5) is 14.7. The molecule has 0 aliphatic carbocycles. The van der Waals surface area contributed by atoms with Crippen molar-refractivity contribution in [2.24, 2.45) is 0 Å². The second-order valence-corrected chi connectivity index (χ2v) is 5.89. The molecular formula is C17H21N3O2S. The molecule has 0 saturated carbocycles. The van der Waals surface area contributed by atoms with E-state index in [0.29, 0.717) is 6.04 Å². The van der Waals surface area contributed by atoms with Crippen molar-refractivity contribution < 1.29 is 9.90 Å². The summed E-state index contributed by atoms with van der Waals surface area (Å²) in [5.41, 5.74) is 7.62. The number of carbonyl (C=O) groups is 1. The maximum atomic E-state index is 8.36. The number of pyridine rings is 1. The van der Waals surface area contributed by atoms with Crippen LogP contribution in [0.2, 0.25) is 0 Å². The van der Waals surface area contributed by atoms with Gasteiger partial charge in [-0.1, -0.05) is 13.0 Å². The number of nitrogens with one attached hydrogen (secondary N) is 1. The van der Waals surface area contributed by atoms with E-state index in [2.05, 4.69) is 36.0 Å². The summed E-state index contributed by atoms with van der Waals surface area (Å²) >= 11 is 1.64. The fourth-order valence-electron chi connectivity index (χ4n) is 1.62. The summed E-state index contributed by atoms with van der Waals surface area (Å²) in [6, 6.07) is 8.15. The Hall–Kier alpha value is -2.36. The Labute approximate surface area is 140 Å². The van der Waals surface area contributed by atoms with Gasteiger partial charge in [-0.2, -0.15) is 0 Å². The molecule has 2 aromatic rings. The number of aromatic nitrogens is 1. The number of carboxylic acid groups (broad SMARTS) is 1. The van der Waals surface area contributed by atoms with E-state index in [4.69, 9.17) is 15.6 Å². The van der Waals surface area contributed by atoms with Crippen LogP contribution in [0.15, 0.2) is 30.5 Å². The fraction of sp³-hybridized carbons (Fsp3) is 0.294. The minimum absolute atomic E-state index is 0.250. The van der Waals surface area contributed by atoms with Gasteiger partial charge in [0, 0.05) is 29.3 Å². The minimum Gasteiger partial charge on any atom is -0.483 e. The molecule has 0 aliphatic rings.